The highest BCUT2D eigenvalue weighted by molar-refractivity contribution is 7.17. The van der Waals surface area contributed by atoms with Crippen molar-refractivity contribution in [3.63, 3.8) is 0 Å². The third-order valence-electron chi connectivity index (χ3n) is 4.72. The molecule has 27 heavy (non-hydrogen) atoms. The Labute approximate surface area is 159 Å². The van der Waals surface area contributed by atoms with Crippen LogP contribution in [0, 0.1) is 6.92 Å². The predicted molar refractivity (Wildman–Crippen MR) is 101 cm³/mol. The van der Waals surface area contributed by atoms with Crippen molar-refractivity contribution >= 4 is 23.2 Å². The average Bonchev–Trinajstić information content (AvgIpc) is 3.25. The summed E-state index contributed by atoms with van der Waals surface area (Å²) in [4.78, 5) is 31.5. The number of amides is 1. The molecule has 7 nitrogen and oxygen atoms in total. The van der Waals surface area contributed by atoms with E-state index in [4.69, 9.17) is 0 Å². The van der Waals surface area contributed by atoms with Crippen molar-refractivity contribution in [3.05, 3.63) is 58.4 Å². The third-order valence-corrected chi connectivity index (χ3v) is 5.92. The number of carboxylic acids is 1. The number of carbonyl (C=O) groups excluding carboxylic acids is 1. The molecule has 0 spiro atoms. The van der Waals surface area contributed by atoms with Gasteiger partial charge in [-0.3, -0.25) is 14.3 Å². The first-order valence-electron chi connectivity index (χ1n) is 8.50. The second kappa shape index (κ2) is 6.62. The van der Waals surface area contributed by atoms with E-state index in [9.17, 15) is 14.7 Å². The Hall–Kier alpha value is -3.00. The van der Waals surface area contributed by atoms with Crippen LogP contribution in [0.15, 0.2) is 36.7 Å². The lowest BCUT2D eigenvalue weighted by atomic mass is 9.89. The number of carboxylic acid groups (broad SMARTS) is 1. The van der Waals surface area contributed by atoms with E-state index < -0.39 is 11.9 Å². The van der Waals surface area contributed by atoms with Gasteiger partial charge in [0.25, 0.3) is 5.91 Å². The molecule has 3 aromatic rings. The van der Waals surface area contributed by atoms with Crippen molar-refractivity contribution in [3.8, 4) is 10.6 Å². The molecule has 1 aliphatic heterocycles. The summed E-state index contributed by atoms with van der Waals surface area (Å²) in [6.07, 6.45) is 3.56. The number of aromatic nitrogens is 3. The monoisotopic (exact) mass is 382 g/mol. The summed E-state index contributed by atoms with van der Waals surface area (Å²) >= 11 is 1.32. The molecule has 1 N–H and O–H groups in total. The molecule has 0 radical (unpaired) electrons. The van der Waals surface area contributed by atoms with Crippen LogP contribution in [0.25, 0.3) is 10.6 Å². The number of nitrogens with zero attached hydrogens (tertiary/aromatic N) is 4. The maximum atomic E-state index is 13.1. The molecule has 1 aromatic carbocycles. The van der Waals surface area contributed by atoms with Gasteiger partial charge in [-0.05, 0) is 18.1 Å². The van der Waals surface area contributed by atoms with Crippen molar-refractivity contribution in [2.75, 3.05) is 6.54 Å². The fraction of sp³-hybridized carbons (Fsp3) is 0.263. The Kier molecular flexibility index (Phi) is 4.27. The van der Waals surface area contributed by atoms with Gasteiger partial charge in [-0.15, -0.1) is 11.3 Å². The number of hydrogen-bond donors (Lipinski definition) is 1. The van der Waals surface area contributed by atoms with Crippen LogP contribution >= 0.6 is 11.3 Å². The van der Waals surface area contributed by atoms with Gasteiger partial charge >= 0.3 is 5.97 Å². The number of thiazole rings is 1. The molecule has 2 aromatic heterocycles. The predicted octanol–water partition coefficient (Wildman–Crippen LogP) is 2.68. The highest BCUT2D eigenvalue weighted by Crippen LogP contribution is 2.33. The van der Waals surface area contributed by atoms with Crippen LogP contribution in [0.2, 0.25) is 0 Å². The summed E-state index contributed by atoms with van der Waals surface area (Å²) in [5.41, 5.74) is 3.16. The molecule has 1 atom stereocenters. The van der Waals surface area contributed by atoms with E-state index in [2.05, 4.69) is 10.1 Å². The van der Waals surface area contributed by atoms with Crippen molar-refractivity contribution in [1.29, 1.82) is 0 Å². The van der Waals surface area contributed by atoms with Gasteiger partial charge < -0.3 is 10.0 Å². The van der Waals surface area contributed by atoms with Crippen LogP contribution in [-0.4, -0.2) is 43.2 Å². The number of hydrogen-bond acceptors (Lipinski definition) is 5. The highest BCUT2D eigenvalue weighted by atomic mass is 32.1. The topological polar surface area (TPSA) is 88.3 Å². The van der Waals surface area contributed by atoms with Gasteiger partial charge in [-0.1, -0.05) is 24.3 Å². The normalized spacial score (nSPS) is 16.2. The van der Waals surface area contributed by atoms with Crippen molar-refractivity contribution in [2.45, 2.75) is 19.4 Å². The van der Waals surface area contributed by atoms with Crippen LogP contribution in [0.5, 0.6) is 0 Å². The molecule has 0 fully saturated rings. The van der Waals surface area contributed by atoms with Crippen LogP contribution in [0.1, 0.15) is 32.4 Å². The Balaban J connectivity index is 1.66. The second-order valence-electron chi connectivity index (χ2n) is 6.61. The zero-order chi connectivity index (χ0) is 19.1. The number of aliphatic carboxylic acids is 1. The summed E-state index contributed by atoms with van der Waals surface area (Å²) < 4.78 is 1.69. The fourth-order valence-corrected chi connectivity index (χ4v) is 4.38. The first-order valence-corrected chi connectivity index (χ1v) is 9.32. The van der Waals surface area contributed by atoms with E-state index in [1.54, 1.807) is 22.7 Å². The van der Waals surface area contributed by atoms with Gasteiger partial charge in [0.2, 0.25) is 0 Å². The molecule has 4 rings (SSSR count). The Morgan fingerprint density at radius 1 is 1.30 bits per heavy atom. The summed E-state index contributed by atoms with van der Waals surface area (Å²) in [5.74, 6) is -1.82. The van der Waals surface area contributed by atoms with E-state index >= 15 is 0 Å². The van der Waals surface area contributed by atoms with Crippen LogP contribution in [0.4, 0.5) is 0 Å². The Bertz CT molecular complexity index is 1040. The van der Waals surface area contributed by atoms with Gasteiger partial charge in [0, 0.05) is 31.9 Å². The minimum atomic E-state index is -0.919. The standard InChI is InChI=1S/C19H18N4O3S/c1-11-16(27-17(21-11)13-7-20-22(2)8-13)18(24)23-9-12-5-3-4-6-14(12)15(10-23)19(25)26/h3-8,15H,9-10H2,1-2H3,(H,25,26). The zero-order valence-corrected chi connectivity index (χ0v) is 15.7. The lowest BCUT2D eigenvalue weighted by molar-refractivity contribution is -0.139. The maximum absolute atomic E-state index is 13.1. The fourth-order valence-electron chi connectivity index (χ4n) is 3.37. The first kappa shape index (κ1) is 17.4. The third kappa shape index (κ3) is 3.12. The SMILES string of the molecule is Cc1nc(-c2cnn(C)c2)sc1C(=O)N1Cc2ccccc2C(C(=O)O)C1. The molecule has 1 amide bonds. The second-order valence-corrected chi connectivity index (χ2v) is 7.61. The van der Waals surface area contributed by atoms with Gasteiger partial charge in [0.15, 0.2) is 0 Å². The number of rotatable bonds is 3. The van der Waals surface area contributed by atoms with E-state index in [0.29, 0.717) is 17.1 Å². The minimum Gasteiger partial charge on any atom is -0.481 e. The van der Waals surface area contributed by atoms with E-state index in [-0.39, 0.29) is 12.5 Å². The van der Waals surface area contributed by atoms with E-state index in [1.807, 2.05) is 37.5 Å². The lowest BCUT2D eigenvalue weighted by Gasteiger charge is -2.32. The number of benzene rings is 1. The Morgan fingerprint density at radius 2 is 2.07 bits per heavy atom. The molecular weight excluding hydrogens is 364 g/mol. The zero-order valence-electron chi connectivity index (χ0n) is 14.9. The van der Waals surface area contributed by atoms with Crippen LogP contribution in [0.3, 0.4) is 0 Å². The highest BCUT2D eigenvalue weighted by Gasteiger charge is 2.34. The van der Waals surface area contributed by atoms with Crippen LogP contribution in [-0.2, 0) is 18.4 Å². The van der Waals surface area contributed by atoms with E-state index in [1.165, 1.54) is 11.3 Å². The summed E-state index contributed by atoms with van der Waals surface area (Å²) in [7, 11) is 1.83. The van der Waals surface area contributed by atoms with Gasteiger partial charge in [-0.25, -0.2) is 4.98 Å². The Morgan fingerprint density at radius 3 is 2.78 bits per heavy atom. The lowest BCUT2D eigenvalue weighted by Crippen LogP contribution is -2.40. The molecule has 1 aliphatic rings. The number of aryl methyl sites for hydroxylation is 2. The van der Waals surface area contributed by atoms with Gasteiger partial charge in [-0.2, -0.15) is 5.10 Å². The summed E-state index contributed by atoms with van der Waals surface area (Å²) in [6.45, 7) is 2.36. The summed E-state index contributed by atoms with van der Waals surface area (Å²) in [6, 6.07) is 7.41. The molecule has 3 heterocycles. The molecule has 0 saturated carbocycles. The molecular formula is C19H18N4O3S. The molecule has 8 heteroatoms. The minimum absolute atomic E-state index is 0.157. The van der Waals surface area contributed by atoms with E-state index in [0.717, 1.165) is 21.7 Å². The molecule has 0 saturated heterocycles. The maximum Gasteiger partial charge on any atom is 0.312 e. The van der Waals surface area contributed by atoms with Crippen LogP contribution < -0.4 is 0 Å². The van der Waals surface area contributed by atoms with Gasteiger partial charge in [0.1, 0.15) is 9.88 Å². The quantitative estimate of drug-likeness (QED) is 0.752. The summed E-state index contributed by atoms with van der Waals surface area (Å²) in [5, 5.41) is 14.5. The van der Waals surface area contributed by atoms with Crippen molar-refractivity contribution < 1.29 is 14.7 Å². The van der Waals surface area contributed by atoms with Gasteiger partial charge in [0.05, 0.1) is 17.8 Å². The molecule has 0 aliphatic carbocycles. The average molecular weight is 382 g/mol. The van der Waals surface area contributed by atoms with Crippen molar-refractivity contribution in [2.24, 2.45) is 7.05 Å². The first-order chi connectivity index (χ1) is 12.9. The molecule has 0 bridgehead atoms. The largest absolute Gasteiger partial charge is 0.481 e. The molecule has 1 unspecified atom stereocenters. The van der Waals surface area contributed by atoms with Crippen molar-refractivity contribution in [1.82, 2.24) is 19.7 Å². The smallest absolute Gasteiger partial charge is 0.312 e. The molecule has 138 valence electrons. The number of carbonyl (C=O) groups is 2. The number of fused-ring (bicyclic) bond motifs is 1.